The van der Waals surface area contributed by atoms with Gasteiger partial charge in [0.2, 0.25) is 0 Å². The van der Waals surface area contributed by atoms with Crippen LogP contribution in [0.15, 0.2) is 18.2 Å². The van der Waals surface area contributed by atoms with Crippen molar-refractivity contribution in [2.45, 2.75) is 23.4 Å². The highest BCUT2D eigenvalue weighted by atomic mass is 127. The van der Waals surface area contributed by atoms with E-state index in [-0.39, 0.29) is 5.56 Å². The molecule has 1 N–H and O–H groups in total. The normalized spacial score (nSPS) is 15.1. The number of aliphatic carboxylic acids is 1. The predicted molar refractivity (Wildman–Crippen MR) is 69.7 cm³/mol. The first kappa shape index (κ1) is 16.2. The highest BCUT2D eigenvalue weighted by Gasteiger charge is 2.45. The summed E-state index contributed by atoms with van der Waals surface area (Å²) in [5, 5.41) is 8.95. The number of alkyl halides is 4. The third-order valence-corrected chi connectivity index (χ3v) is 3.68. The minimum atomic E-state index is -4.65. The Hall–Kier alpha value is -0.860. The Morgan fingerprint density at radius 1 is 1.42 bits per heavy atom. The van der Waals surface area contributed by atoms with Gasteiger partial charge in [-0.2, -0.15) is 13.2 Å². The number of hydrogen-bond donors (Lipinski definition) is 1. The van der Waals surface area contributed by atoms with Gasteiger partial charge < -0.3 is 5.11 Å². The first-order valence-electron chi connectivity index (χ1n) is 5.32. The molecule has 2 atom stereocenters. The topological polar surface area (TPSA) is 37.3 Å². The number of rotatable bonds is 4. The van der Waals surface area contributed by atoms with Crippen molar-refractivity contribution in [1.29, 1.82) is 0 Å². The Kier molecular flexibility index (Phi) is 5.17. The SMILES string of the molecule is C[C@H](C(C(=O)O)c1ccc(CI)c(F)c1)C(F)(F)F. The second kappa shape index (κ2) is 6.06. The molecular formula is C12H11F4IO2. The molecule has 0 amide bonds. The van der Waals surface area contributed by atoms with E-state index in [4.69, 9.17) is 5.11 Å². The van der Waals surface area contributed by atoms with E-state index in [2.05, 4.69) is 0 Å². The summed E-state index contributed by atoms with van der Waals surface area (Å²) in [6.07, 6.45) is -4.65. The maximum absolute atomic E-state index is 13.6. The van der Waals surface area contributed by atoms with E-state index in [1.54, 1.807) is 0 Å². The molecule has 0 aliphatic rings. The van der Waals surface area contributed by atoms with Crippen molar-refractivity contribution in [3.8, 4) is 0 Å². The molecular weight excluding hydrogens is 379 g/mol. The largest absolute Gasteiger partial charge is 0.481 e. The number of carbonyl (C=O) groups is 1. The van der Waals surface area contributed by atoms with Crippen LogP contribution in [0.1, 0.15) is 24.0 Å². The second-order valence-corrected chi connectivity index (χ2v) is 4.89. The Bertz CT molecular complexity index is 473. The molecule has 0 radical (unpaired) electrons. The second-order valence-electron chi connectivity index (χ2n) is 4.13. The van der Waals surface area contributed by atoms with Crippen LogP contribution in [-0.2, 0) is 9.22 Å². The van der Waals surface area contributed by atoms with E-state index >= 15 is 0 Å². The molecule has 0 aliphatic carbocycles. The van der Waals surface area contributed by atoms with Crippen LogP contribution < -0.4 is 0 Å². The van der Waals surface area contributed by atoms with E-state index in [1.807, 2.05) is 22.6 Å². The van der Waals surface area contributed by atoms with Gasteiger partial charge in [0.05, 0.1) is 11.8 Å². The van der Waals surface area contributed by atoms with Gasteiger partial charge >= 0.3 is 12.1 Å². The molecule has 0 fully saturated rings. The van der Waals surface area contributed by atoms with E-state index in [9.17, 15) is 22.4 Å². The fourth-order valence-electron chi connectivity index (χ4n) is 1.70. The first-order valence-corrected chi connectivity index (χ1v) is 6.84. The van der Waals surface area contributed by atoms with Crippen molar-refractivity contribution in [2.75, 3.05) is 0 Å². The quantitative estimate of drug-likeness (QED) is 0.477. The summed E-state index contributed by atoms with van der Waals surface area (Å²) >= 11 is 1.91. The summed E-state index contributed by atoms with van der Waals surface area (Å²) in [5.41, 5.74) is 0.150. The minimum absolute atomic E-state index is 0.177. The Morgan fingerprint density at radius 3 is 2.37 bits per heavy atom. The van der Waals surface area contributed by atoms with Gasteiger partial charge in [-0.05, 0) is 17.2 Å². The third kappa shape index (κ3) is 3.80. The fraction of sp³-hybridized carbons (Fsp3) is 0.417. The van der Waals surface area contributed by atoms with Gasteiger partial charge in [0.15, 0.2) is 0 Å². The van der Waals surface area contributed by atoms with Crippen molar-refractivity contribution >= 4 is 28.6 Å². The molecule has 0 spiro atoms. The average Bonchev–Trinajstić information content (AvgIpc) is 2.27. The van der Waals surface area contributed by atoms with Crippen LogP contribution >= 0.6 is 22.6 Å². The maximum Gasteiger partial charge on any atom is 0.392 e. The molecule has 0 aromatic heterocycles. The van der Waals surface area contributed by atoms with Crippen molar-refractivity contribution in [3.05, 3.63) is 35.1 Å². The van der Waals surface area contributed by atoms with Crippen LogP contribution in [0.2, 0.25) is 0 Å². The van der Waals surface area contributed by atoms with Gasteiger partial charge in [-0.25, -0.2) is 4.39 Å². The Balaban J connectivity index is 3.21. The highest BCUT2D eigenvalue weighted by molar-refractivity contribution is 14.1. The van der Waals surface area contributed by atoms with Gasteiger partial charge in [0.25, 0.3) is 0 Å². The summed E-state index contributed by atoms with van der Waals surface area (Å²) in [6, 6.07) is 3.42. The van der Waals surface area contributed by atoms with E-state index in [0.717, 1.165) is 13.0 Å². The van der Waals surface area contributed by atoms with Crippen LogP contribution in [-0.4, -0.2) is 17.3 Å². The molecule has 1 aromatic carbocycles. The number of carboxylic acids is 1. The third-order valence-electron chi connectivity index (χ3n) is 2.86. The fourth-order valence-corrected chi connectivity index (χ4v) is 2.32. The Morgan fingerprint density at radius 2 is 2.00 bits per heavy atom. The smallest absolute Gasteiger partial charge is 0.392 e. The lowest BCUT2D eigenvalue weighted by Gasteiger charge is -2.23. The summed E-state index contributed by atoms with van der Waals surface area (Å²) in [5.74, 6) is -6.20. The maximum atomic E-state index is 13.6. The molecule has 7 heteroatoms. The average molecular weight is 390 g/mol. The van der Waals surface area contributed by atoms with E-state index in [1.165, 1.54) is 12.1 Å². The number of benzene rings is 1. The van der Waals surface area contributed by atoms with Gasteiger partial charge in [0, 0.05) is 4.43 Å². The number of carboxylic acid groups (broad SMARTS) is 1. The lowest BCUT2D eigenvalue weighted by atomic mass is 9.86. The first-order chi connectivity index (χ1) is 8.68. The van der Waals surface area contributed by atoms with E-state index in [0.29, 0.717) is 9.99 Å². The predicted octanol–water partition coefficient (Wildman–Crippen LogP) is 4.13. The molecule has 0 heterocycles. The van der Waals surface area contributed by atoms with Crippen LogP contribution in [0.3, 0.4) is 0 Å². The molecule has 0 bridgehead atoms. The summed E-state index contributed by atoms with van der Waals surface area (Å²) in [6.45, 7) is 0.781. The van der Waals surface area contributed by atoms with Gasteiger partial charge in [-0.15, -0.1) is 0 Å². The Labute approximate surface area is 121 Å². The van der Waals surface area contributed by atoms with Crippen molar-refractivity contribution < 1.29 is 27.5 Å². The molecule has 0 saturated heterocycles. The van der Waals surface area contributed by atoms with Crippen molar-refractivity contribution in [3.63, 3.8) is 0 Å². The van der Waals surface area contributed by atoms with Crippen LogP contribution in [0, 0.1) is 11.7 Å². The van der Waals surface area contributed by atoms with Crippen LogP contribution in [0.25, 0.3) is 0 Å². The monoisotopic (exact) mass is 390 g/mol. The zero-order valence-electron chi connectivity index (χ0n) is 9.84. The summed E-state index contributed by atoms with van der Waals surface area (Å²) in [4.78, 5) is 11.0. The van der Waals surface area contributed by atoms with E-state index < -0.39 is 29.8 Å². The lowest BCUT2D eigenvalue weighted by molar-refractivity contribution is -0.183. The van der Waals surface area contributed by atoms with Crippen molar-refractivity contribution in [1.82, 2.24) is 0 Å². The zero-order chi connectivity index (χ0) is 14.8. The molecule has 19 heavy (non-hydrogen) atoms. The molecule has 0 saturated carbocycles. The number of halogens is 5. The molecule has 2 nitrogen and oxygen atoms in total. The molecule has 1 unspecified atom stereocenters. The van der Waals surface area contributed by atoms with Crippen molar-refractivity contribution in [2.24, 2.45) is 5.92 Å². The van der Waals surface area contributed by atoms with Gasteiger partial charge in [-0.3, -0.25) is 4.79 Å². The standard InChI is InChI=1S/C12H11F4IO2/c1-6(12(14,15)16)10(11(18)19)7-2-3-8(5-17)9(13)4-7/h2-4,6,10H,5H2,1H3,(H,18,19)/t6-,10?/m1/s1. The van der Waals surface area contributed by atoms with Crippen LogP contribution in [0.5, 0.6) is 0 Å². The summed E-state index contributed by atoms with van der Waals surface area (Å²) < 4.78 is 51.8. The zero-order valence-corrected chi connectivity index (χ0v) is 12.0. The number of hydrogen-bond acceptors (Lipinski definition) is 1. The summed E-state index contributed by atoms with van der Waals surface area (Å²) in [7, 11) is 0. The molecule has 106 valence electrons. The molecule has 1 aromatic rings. The van der Waals surface area contributed by atoms with Crippen LogP contribution in [0.4, 0.5) is 17.6 Å². The molecule has 0 aliphatic heterocycles. The lowest BCUT2D eigenvalue weighted by Crippen LogP contribution is -2.31. The minimum Gasteiger partial charge on any atom is -0.481 e. The van der Waals surface area contributed by atoms with Gasteiger partial charge in [0.1, 0.15) is 5.82 Å². The highest BCUT2D eigenvalue weighted by Crippen LogP contribution is 2.38. The van der Waals surface area contributed by atoms with Gasteiger partial charge in [-0.1, -0.05) is 41.6 Å². The molecule has 1 rings (SSSR count).